The SMILES string of the molecule is C[C@]12CC[C@@H]3[C@]4(CC[C@@]5(O)C[C@H](O)CC[C@@]35C(=O)O4)[C@H]1CC[C@H]2C(=O)O. The van der Waals surface area contributed by atoms with Crippen molar-refractivity contribution in [3.05, 3.63) is 0 Å². The van der Waals surface area contributed by atoms with E-state index in [4.69, 9.17) is 4.74 Å². The summed E-state index contributed by atoms with van der Waals surface area (Å²) in [5.41, 5.74) is -3.07. The Balaban J connectivity index is 1.61. The van der Waals surface area contributed by atoms with Gasteiger partial charge in [-0.1, -0.05) is 6.92 Å². The predicted molar refractivity (Wildman–Crippen MR) is 90.0 cm³/mol. The van der Waals surface area contributed by atoms with Gasteiger partial charge in [0.2, 0.25) is 0 Å². The lowest BCUT2D eigenvalue weighted by atomic mass is 9.42. The lowest BCUT2D eigenvalue weighted by Gasteiger charge is -2.61. The van der Waals surface area contributed by atoms with Gasteiger partial charge in [-0.2, -0.15) is 0 Å². The molecule has 5 fully saturated rings. The Labute approximate surface area is 152 Å². The van der Waals surface area contributed by atoms with Gasteiger partial charge < -0.3 is 20.1 Å². The number of esters is 1. The van der Waals surface area contributed by atoms with Crippen LogP contribution in [0.3, 0.4) is 0 Å². The first-order valence-corrected chi connectivity index (χ1v) is 10.1. The summed E-state index contributed by atoms with van der Waals surface area (Å²) in [6, 6.07) is 0. The predicted octanol–water partition coefficient (Wildman–Crippen LogP) is 1.87. The van der Waals surface area contributed by atoms with Crippen LogP contribution in [0.25, 0.3) is 0 Å². The second-order valence-corrected chi connectivity index (χ2v) is 9.86. The molecular formula is C20H28O6. The Morgan fingerprint density at radius 2 is 1.85 bits per heavy atom. The molecule has 1 saturated heterocycles. The number of hydrogen-bond donors (Lipinski definition) is 3. The fourth-order valence-corrected chi connectivity index (χ4v) is 8.16. The molecule has 26 heavy (non-hydrogen) atoms. The van der Waals surface area contributed by atoms with E-state index in [0.717, 1.165) is 19.3 Å². The zero-order valence-electron chi connectivity index (χ0n) is 15.2. The van der Waals surface area contributed by atoms with Gasteiger partial charge in [-0.15, -0.1) is 0 Å². The number of aliphatic carboxylic acids is 1. The second kappa shape index (κ2) is 4.82. The number of carbonyl (C=O) groups excluding carboxylic acids is 1. The van der Waals surface area contributed by atoms with E-state index >= 15 is 0 Å². The van der Waals surface area contributed by atoms with E-state index in [1.807, 2.05) is 0 Å². The van der Waals surface area contributed by atoms with Gasteiger partial charge in [0.1, 0.15) is 11.0 Å². The zero-order valence-corrected chi connectivity index (χ0v) is 15.2. The molecule has 5 rings (SSSR count). The Kier molecular flexibility index (Phi) is 3.15. The molecule has 4 saturated carbocycles. The summed E-state index contributed by atoms with van der Waals surface area (Å²) in [7, 11) is 0. The molecule has 1 aliphatic heterocycles. The van der Waals surface area contributed by atoms with Gasteiger partial charge in [0.25, 0.3) is 0 Å². The lowest BCUT2D eigenvalue weighted by molar-refractivity contribution is -0.216. The molecule has 4 aliphatic carbocycles. The number of carbonyl (C=O) groups is 2. The van der Waals surface area contributed by atoms with Crippen LogP contribution in [0.4, 0.5) is 0 Å². The third-order valence-corrected chi connectivity index (χ3v) is 9.23. The van der Waals surface area contributed by atoms with Crippen LogP contribution in [0.1, 0.15) is 64.7 Å². The normalized spacial score (nSPS) is 57.7. The summed E-state index contributed by atoms with van der Waals surface area (Å²) in [6.07, 6.45) is 4.60. The van der Waals surface area contributed by atoms with Crippen LogP contribution in [-0.2, 0) is 14.3 Å². The monoisotopic (exact) mass is 364 g/mol. The van der Waals surface area contributed by atoms with Crippen molar-refractivity contribution in [2.45, 2.75) is 82.0 Å². The molecule has 8 atom stereocenters. The number of ether oxygens (including phenoxy) is 1. The number of hydrogen-bond acceptors (Lipinski definition) is 5. The zero-order chi connectivity index (χ0) is 18.5. The Morgan fingerprint density at radius 1 is 1.08 bits per heavy atom. The summed E-state index contributed by atoms with van der Waals surface area (Å²) >= 11 is 0. The average molecular weight is 364 g/mol. The molecule has 0 aromatic heterocycles. The van der Waals surface area contributed by atoms with Gasteiger partial charge in [0, 0.05) is 18.3 Å². The average Bonchev–Trinajstić information content (AvgIpc) is 3.01. The summed E-state index contributed by atoms with van der Waals surface area (Å²) in [5.74, 6) is -1.42. The minimum Gasteiger partial charge on any atom is -0.481 e. The van der Waals surface area contributed by atoms with E-state index in [1.165, 1.54) is 0 Å². The molecule has 1 spiro atoms. The number of rotatable bonds is 1. The highest BCUT2D eigenvalue weighted by Crippen LogP contribution is 2.74. The number of aliphatic hydroxyl groups excluding tert-OH is 1. The number of fused-ring (bicyclic) bond motifs is 1. The molecule has 0 radical (unpaired) electrons. The van der Waals surface area contributed by atoms with Crippen LogP contribution in [0.5, 0.6) is 0 Å². The first-order chi connectivity index (χ1) is 12.2. The molecule has 0 aromatic rings. The van der Waals surface area contributed by atoms with E-state index in [-0.39, 0.29) is 35.6 Å². The summed E-state index contributed by atoms with van der Waals surface area (Å²) < 4.78 is 6.17. The standard InChI is InChI=1S/C20H28O6/c1-17-6-5-14-19-7-4-11(21)10-18(19,25)8-9-20(14,26-16(19)24)13(17)3-2-12(17)15(22)23/h11-14,21,25H,2-10H2,1H3,(H,22,23)/t11-,12+,13+,14+,17-,18-,19+,20+/m1/s1. The summed E-state index contributed by atoms with van der Waals surface area (Å²) in [4.78, 5) is 25.0. The maximum absolute atomic E-state index is 13.2. The maximum atomic E-state index is 13.2. The van der Waals surface area contributed by atoms with Crippen molar-refractivity contribution in [2.24, 2.45) is 28.6 Å². The number of carboxylic acids is 1. The first kappa shape index (κ1) is 17.0. The Hall–Kier alpha value is -1.14. The molecule has 5 aliphatic rings. The van der Waals surface area contributed by atoms with Crippen molar-refractivity contribution >= 4 is 11.9 Å². The molecule has 144 valence electrons. The van der Waals surface area contributed by atoms with Gasteiger partial charge in [-0.3, -0.25) is 9.59 Å². The Morgan fingerprint density at radius 3 is 2.58 bits per heavy atom. The van der Waals surface area contributed by atoms with E-state index in [2.05, 4.69) is 6.92 Å². The van der Waals surface area contributed by atoms with Gasteiger partial charge in [-0.25, -0.2) is 0 Å². The van der Waals surface area contributed by atoms with Crippen LogP contribution in [0, 0.1) is 28.6 Å². The summed E-state index contributed by atoms with van der Waals surface area (Å²) in [6.45, 7) is 2.07. The molecule has 6 nitrogen and oxygen atoms in total. The van der Waals surface area contributed by atoms with E-state index < -0.39 is 28.7 Å². The topological polar surface area (TPSA) is 104 Å². The van der Waals surface area contributed by atoms with Crippen molar-refractivity contribution in [1.82, 2.24) is 0 Å². The van der Waals surface area contributed by atoms with E-state index in [1.54, 1.807) is 0 Å². The minimum atomic E-state index is -1.19. The highest BCUT2D eigenvalue weighted by atomic mass is 16.6. The maximum Gasteiger partial charge on any atom is 0.316 e. The molecule has 1 heterocycles. The molecule has 2 bridgehead atoms. The Bertz CT molecular complexity index is 692. The highest BCUT2D eigenvalue weighted by Gasteiger charge is 2.80. The second-order valence-electron chi connectivity index (χ2n) is 9.86. The van der Waals surface area contributed by atoms with Gasteiger partial charge in [-0.05, 0) is 56.8 Å². The van der Waals surface area contributed by atoms with Gasteiger partial charge in [0.05, 0.1) is 17.6 Å². The third-order valence-electron chi connectivity index (χ3n) is 9.23. The quantitative estimate of drug-likeness (QED) is 0.614. The molecule has 0 unspecified atom stereocenters. The van der Waals surface area contributed by atoms with Crippen molar-refractivity contribution in [3.8, 4) is 0 Å². The number of aliphatic hydroxyl groups is 2. The van der Waals surface area contributed by atoms with Crippen molar-refractivity contribution in [1.29, 1.82) is 0 Å². The largest absolute Gasteiger partial charge is 0.481 e. The van der Waals surface area contributed by atoms with E-state index in [0.29, 0.717) is 32.1 Å². The van der Waals surface area contributed by atoms with Crippen molar-refractivity contribution in [3.63, 3.8) is 0 Å². The van der Waals surface area contributed by atoms with Crippen molar-refractivity contribution < 1.29 is 29.6 Å². The molecule has 6 heteroatoms. The first-order valence-electron chi connectivity index (χ1n) is 10.1. The van der Waals surface area contributed by atoms with Crippen LogP contribution in [0.15, 0.2) is 0 Å². The minimum absolute atomic E-state index is 0.0505. The van der Waals surface area contributed by atoms with Crippen LogP contribution in [0.2, 0.25) is 0 Å². The summed E-state index contributed by atoms with van der Waals surface area (Å²) in [5, 5.41) is 31.3. The van der Waals surface area contributed by atoms with Crippen LogP contribution < -0.4 is 0 Å². The van der Waals surface area contributed by atoms with E-state index in [9.17, 15) is 24.9 Å². The lowest BCUT2D eigenvalue weighted by Crippen LogP contribution is -2.67. The highest BCUT2D eigenvalue weighted by molar-refractivity contribution is 5.83. The molecule has 0 amide bonds. The van der Waals surface area contributed by atoms with Crippen LogP contribution in [-0.4, -0.2) is 44.6 Å². The molecular weight excluding hydrogens is 336 g/mol. The third kappa shape index (κ3) is 1.63. The fourth-order valence-electron chi connectivity index (χ4n) is 8.16. The van der Waals surface area contributed by atoms with Gasteiger partial charge >= 0.3 is 11.9 Å². The van der Waals surface area contributed by atoms with Gasteiger partial charge in [0.15, 0.2) is 0 Å². The molecule has 0 aromatic carbocycles. The smallest absolute Gasteiger partial charge is 0.316 e. The van der Waals surface area contributed by atoms with Crippen LogP contribution >= 0.6 is 0 Å². The van der Waals surface area contributed by atoms with Crippen molar-refractivity contribution in [2.75, 3.05) is 0 Å². The molecule has 3 N–H and O–H groups in total. The number of carboxylic acid groups (broad SMARTS) is 1. The fraction of sp³-hybridized carbons (Fsp3) is 0.900.